The smallest absolute Gasteiger partial charge is 0.229 e. The van der Waals surface area contributed by atoms with E-state index in [-0.39, 0.29) is 0 Å². The van der Waals surface area contributed by atoms with Gasteiger partial charge in [0.05, 0.1) is 19.3 Å². The average Bonchev–Trinajstić information content (AvgIpc) is 3.32. The van der Waals surface area contributed by atoms with E-state index in [1.54, 1.807) is 19.1 Å². The van der Waals surface area contributed by atoms with Crippen molar-refractivity contribution in [2.24, 2.45) is 0 Å². The molecule has 8 nitrogen and oxygen atoms in total. The van der Waals surface area contributed by atoms with Crippen LogP contribution in [0.4, 0.5) is 17.3 Å². The Hall–Kier alpha value is -3.27. The minimum atomic E-state index is 0.561. The molecule has 36 heavy (non-hydrogen) atoms. The first-order valence-electron chi connectivity index (χ1n) is 12.3. The second kappa shape index (κ2) is 11.6. The fourth-order valence-corrected chi connectivity index (χ4v) is 5.18. The van der Waals surface area contributed by atoms with E-state index in [0.29, 0.717) is 5.95 Å². The molecule has 2 aromatic carbocycles. The number of hydrogen-bond acceptors (Lipinski definition) is 8. The normalized spacial score (nSPS) is 14.2. The van der Waals surface area contributed by atoms with Gasteiger partial charge in [0.15, 0.2) is 0 Å². The largest absolute Gasteiger partial charge is 0.497 e. The zero-order valence-corrected chi connectivity index (χ0v) is 21.7. The van der Waals surface area contributed by atoms with Crippen LogP contribution in [0.5, 0.6) is 5.75 Å². The zero-order chi connectivity index (χ0) is 24.7. The summed E-state index contributed by atoms with van der Waals surface area (Å²) in [4.78, 5) is 11.9. The first-order valence-corrected chi connectivity index (χ1v) is 13.5. The third kappa shape index (κ3) is 5.75. The minimum absolute atomic E-state index is 0.561. The highest BCUT2D eigenvalue weighted by molar-refractivity contribution is 7.99. The van der Waals surface area contributed by atoms with Gasteiger partial charge in [0.25, 0.3) is 0 Å². The first-order chi connectivity index (χ1) is 17.7. The van der Waals surface area contributed by atoms with Gasteiger partial charge < -0.3 is 24.2 Å². The molecule has 2 aromatic heterocycles. The van der Waals surface area contributed by atoms with E-state index in [9.17, 15) is 0 Å². The number of aromatic nitrogens is 3. The van der Waals surface area contributed by atoms with E-state index in [0.717, 1.165) is 68.3 Å². The number of rotatable bonds is 10. The summed E-state index contributed by atoms with van der Waals surface area (Å²) in [6.07, 6.45) is 6.12. The maximum absolute atomic E-state index is 5.33. The van der Waals surface area contributed by atoms with Crippen LogP contribution in [-0.2, 0) is 6.54 Å². The molecule has 0 radical (unpaired) electrons. The number of anilines is 3. The summed E-state index contributed by atoms with van der Waals surface area (Å²) in [5.74, 6) is 1.35. The summed E-state index contributed by atoms with van der Waals surface area (Å²) in [6, 6.07) is 18.5. The van der Waals surface area contributed by atoms with Crippen LogP contribution in [0, 0.1) is 0 Å². The maximum Gasteiger partial charge on any atom is 0.229 e. The van der Waals surface area contributed by atoms with Gasteiger partial charge in [-0.05, 0) is 29.8 Å². The Labute approximate surface area is 216 Å². The van der Waals surface area contributed by atoms with Gasteiger partial charge in [0, 0.05) is 75.1 Å². The molecule has 188 valence electrons. The predicted octanol–water partition coefficient (Wildman–Crippen LogP) is 4.22. The molecule has 1 fully saturated rings. The van der Waals surface area contributed by atoms with E-state index < -0.39 is 0 Å². The number of para-hydroxylation sites is 1. The second-order valence-electron chi connectivity index (χ2n) is 8.78. The molecule has 0 unspecified atom stereocenters. The van der Waals surface area contributed by atoms with Crippen molar-refractivity contribution in [3.63, 3.8) is 0 Å². The highest BCUT2D eigenvalue weighted by Crippen LogP contribution is 2.28. The summed E-state index contributed by atoms with van der Waals surface area (Å²) in [5.41, 5.74) is 4.32. The SMILES string of the molecule is COc1cccc(Nc2ncc3ccn(Cc4ccccc4N(CCN4CCNCC4)SC)c3n2)c1. The summed E-state index contributed by atoms with van der Waals surface area (Å²) in [7, 11) is 1.66. The van der Waals surface area contributed by atoms with Crippen molar-refractivity contribution >= 4 is 40.3 Å². The average molecular weight is 504 g/mol. The van der Waals surface area contributed by atoms with Crippen molar-refractivity contribution in [3.05, 3.63) is 72.6 Å². The first kappa shape index (κ1) is 24.4. The van der Waals surface area contributed by atoms with Crippen LogP contribution in [0.1, 0.15) is 5.56 Å². The number of methoxy groups -OCH3 is 1. The lowest BCUT2D eigenvalue weighted by Gasteiger charge is -2.31. The fourth-order valence-electron chi connectivity index (χ4n) is 4.54. The van der Waals surface area contributed by atoms with Gasteiger partial charge in [-0.2, -0.15) is 4.98 Å². The molecule has 0 spiro atoms. The molecular weight excluding hydrogens is 470 g/mol. The zero-order valence-electron chi connectivity index (χ0n) is 20.9. The van der Waals surface area contributed by atoms with Crippen molar-refractivity contribution in [1.82, 2.24) is 24.8 Å². The van der Waals surface area contributed by atoms with Crippen molar-refractivity contribution in [1.29, 1.82) is 0 Å². The Balaban J connectivity index is 1.35. The molecule has 0 amide bonds. The summed E-state index contributed by atoms with van der Waals surface area (Å²) < 4.78 is 9.94. The third-order valence-electron chi connectivity index (χ3n) is 6.48. The van der Waals surface area contributed by atoms with Crippen LogP contribution < -0.4 is 19.7 Å². The lowest BCUT2D eigenvalue weighted by atomic mass is 10.1. The molecule has 3 heterocycles. The van der Waals surface area contributed by atoms with Crippen molar-refractivity contribution in [2.45, 2.75) is 6.54 Å². The number of ether oxygens (including phenoxy) is 1. The number of fused-ring (bicyclic) bond motifs is 1. The number of piperazine rings is 1. The van der Waals surface area contributed by atoms with Crippen LogP contribution in [0.25, 0.3) is 11.0 Å². The van der Waals surface area contributed by atoms with Gasteiger partial charge in [0.2, 0.25) is 5.95 Å². The topological polar surface area (TPSA) is 70.5 Å². The van der Waals surface area contributed by atoms with Crippen LogP contribution in [0.2, 0.25) is 0 Å². The molecule has 9 heteroatoms. The Kier molecular flexibility index (Phi) is 7.90. The van der Waals surface area contributed by atoms with E-state index in [4.69, 9.17) is 9.72 Å². The predicted molar refractivity (Wildman–Crippen MR) is 150 cm³/mol. The molecule has 4 aromatic rings. The van der Waals surface area contributed by atoms with Crippen LogP contribution >= 0.6 is 11.9 Å². The standard InChI is InChI=1S/C27H33N7OS/c1-35-24-8-5-7-23(18-24)30-27-29-19-21-10-13-33(26(21)31-27)20-22-6-3-4-9-25(22)34(36-2)17-16-32-14-11-28-12-15-32/h3-10,13,18-19,28H,11-12,14-17,20H2,1-2H3,(H,29,30,31). The molecule has 2 N–H and O–H groups in total. The highest BCUT2D eigenvalue weighted by atomic mass is 32.2. The number of nitrogens with zero attached hydrogens (tertiary/aromatic N) is 5. The van der Waals surface area contributed by atoms with Crippen LogP contribution in [0.15, 0.2) is 67.0 Å². The minimum Gasteiger partial charge on any atom is -0.497 e. The monoisotopic (exact) mass is 503 g/mol. The Morgan fingerprint density at radius 2 is 1.97 bits per heavy atom. The number of benzene rings is 2. The number of hydrogen-bond donors (Lipinski definition) is 2. The van der Waals surface area contributed by atoms with Crippen molar-refractivity contribution < 1.29 is 4.74 Å². The van der Waals surface area contributed by atoms with Gasteiger partial charge in [0.1, 0.15) is 11.4 Å². The maximum atomic E-state index is 5.33. The highest BCUT2D eigenvalue weighted by Gasteiger charge is 2.15. The lowest BCUT2D eigenvalue weighted by molar-refractivity contribution is 0.248. The summed E-state index contributed by atoms with van der Waals surface area (Å²) >= 11 is 1.78. The van der Waals surface area contributed by atoms with E-state index in [1.807, 2.05) is 30.5 Å². The lowest BCUT2D eigenvalue weighted by Crippen LogP contribution is -2.45. The summed E-state index contributed by atoms with van der Waals surface area (Å²) in [5, 5.41) is 7.75. The Morgan fingerprint density at radius 1 is 1.11 bits per heavy atom. The van der Waals surface area contributed by atoms with Crippen LogP contribution in [0.3, 0.4) is 0 Å². The van der Waals surface area contributed by atoms with Gasteiger partial charge in [-0.3, -0.25) is 4.90 Å². The second-order valence-corrected chi connectivity index (χ2v) is 9.58. The molecule has 1 saturated heterocycles. The van der Waals surface area contributed by atoms with Gasteiger partial charge >= 0.3 is 0 Å². The van der Waals surface area contributed by atoms with Crippen molar-refractivity contribution in [3.8, 4) is 5.75 Å². The molecule has 0 saturated carbocycles. The molecule has 1 aliphatic rings. The Bertz CT molecular complexity index is 1290. The van der Waals surface area contributed by atoms with Gasteiger partial charge in [-0.25, -0.2) is 4.98 Å². The van der Waals surface area contributed by atoms with E-state index in [1.165, 1.54) is 11.3 Å². The fraction of sp³-hybridized carbons (Fsp3) is 0.333. The van der Waals surface area contributed by atoms with E-state index in [2.05, 4.69) is 72.2 Å². The molecule has 1 aliphatic heterocycles. The molecular formula is C27H33N7OS. The van der Waals surface area contributed by atoms with Gasteiger partial charge in [-0.1, -0.05) is 36.2 Å². The third-order valence-corrected chi connectivity index (χ3v) is 7.30. The van der Waals surface area contributed by atoms with Gasteiger partial charge in [-0.15, -0.1) is 0 Å². The number of nitrogens with one attached hydrogen (secondary N) is 2. The molecule has 0 atom stereocenters. The molecule has 5 rings (SSSR count). The Morgan fingerprint density at radius 3 is 2.81 bits per heavy atom. The van der Waals surface area contributed by atoms with Crippen molar-refractivity contribution in [2.75, 3.05) is 62.3 Å². The quantitative estimate of drug-likeness (QED) is 0.312. The molecule has 0 bridgehead atoms. The summed E-state index contributed by atoms with van der Waals surface area (Å²) in [6.45, 7) is 7.17. The van der Waals surface area contributed by atoms with Crippen LogP contribution in [-0.4, -0.2) is 72.1 Å². The van der Waals surface area contributed by atoms with E-state index >= 15 is 0 Å². The molecule has 0 aliphatic carbocycles.